The fourth-order valence-electron chi connectivity index (χ4n) is 2.73. The summed E-state index contributed by atoms with van der Waals surface area (Å²) in [7, 11) is 3.11. The highest BCUT2D eigenvalue weighted by Crippen LogP contribution is 2.27. The molecule has 1 aromatic heterocycles. The molecule has 3 aromatic rings. The quantitative estimate of drug-likeness (QED) is 0.572. The highest BCUT2D eigenvalue weighted by molar-refractivity contribution is 6.33. The first-order valence-electron chi connectivity index (χ1n) is 8.83. The number of carbonyl (C=O) groups is 1. The second-order valence-corrected chi connectivity index (χ2v) is 6.56. The Hall–Kier alpha value is -3.32. The molecule has 0 aliphatic rings. The molecule has 0 bridgehead atoms. The van der Waals surface area contributed by atoms with Gasteiger partial charge in [0.2, 0.25) is 0 Å². The van der Waals surface area contributed by atoms with Crippen LogP contribution >= 0.6 is 11.6 Å². The Morgan fingerprint density at radius 1 is 1.07 bits per heavy atom. The number of nitrogens with zero attached hydrogens (tertiary/aromatic N) is 2. The van der Waals surface area contributed by atoms with Crippen molar-refractivity contribution >= 4 is 23.4 Å². The molecular formula is C21H20ClN3O4. The van der Waals surface area contributed by atoms with Gasteiger partial charge in [-0.2, -0.15) is 9.97 Å². The minimum absolute atomic E-state index is 0.00996. The zero-order chi connectivity index (χ0) is 20.8. The van der Waals surface area contributed by atoms with Gasteiger partial charge in [0.1, 0.15) is 11.6 Å². The molecule has 2 N–H and O–H groups in total. The van der Waals surface area contributed by atoms with Crippen molar-refractivity contribution in [3.05, 3.63) is 64.7 Å². The van der Waals surface area contributed by atoms with Gasteiger partial charge in [0.05, 0.1) is 30.5 Å². The number of rotatable bonds is 8. The summed E-state index contributed by atoms with van der Waals surface area (Å²) in [6.07, 6.45) is 0.787. The third kappa shape index (κ3) is 5.14. The van der Waals surface area contributed by atoms with E-state index in [9.17, 15) is 9.90 Å². The molecule has 0 saturated heterocycles. The Labute approximate surface area is 173 Å². The van der Waals surface area contributed by atoms with Crippen LogP contribution in [0.3, 0.4) is 0 Å². The van der Waals surface area contributed by atoms with Gasteiger partial charge in [0, 0.05) is 18.2 Å². The van der Waals surface area contributed by atoms with Crippen molar-refractivity contribution < 1.29 is 19.4 Å². The predicted molar refractivity (Wildman–Crippen MR) is 111 cm³/mol. The number of nitrogens with one attached hydrogen (secondary N) is 1. The molecule has 29 heavy (non-hydrogen) atoms. The van der Waals surface area contributed by atoms with E-state index >= 15 is 0 Å². The lowest BCUT2D eigenvalue weighted by atomic mass is 10.1. The molecule has 1 heterocycles. The van der Waals surface area contributed by atoms with E-state index in [-0.39, 0.29) is 16.6 Å². The number of hydrogen-bond acceptors (Lipinski definition) is 6. The smallest absolute Gasteiger partial charge is 0.337 e. The van der Waals surface area contributed by atoms with E-state index < -0.39 is 5.97 Å². The maximum atomic E-state index is 11.3. The number of aromatic carboxylic acids is 1. The summed E-state index contributed by atoms with van der Waals surface area (Å²) >= 11 is 5.96. The van der Waals surface area contributed by atoms with E-state index in [4.69, 9.17) is 21.1 Å². The minimum atomic E-state index is -1.10. The Balaban J connectivity index is 1.78. The average Bonchev–Trinajstić information content (AvgIpc) is 2.74. The van der Waals surface area contributed by atoms with Gasteiger partial charge in [-0.1, -0.05) is 29.8 Å². The van der Waals surface area contributed by atoms with Crippen LogP contribution in [0, 0.1) is 0 Å². The number of anilines is 1. The third-order valence-electron chi connectivity index (χ3n) is 4.26. The average molecular weight is 414 g/mol. The molecular weight excluding hydrogens is 394 g/mol. The van der Waals surface area contributed by atoms with Crippen LogP contribution in [-0.2, 0) is 6.42 Å². The minimum Gasteiger partial charge on any atom is -0.497 e. The lowest BCUT2D eigenvalue weighted by molar-refractivity contribution is 0.0697. The van der Waals surface area contributed by atoms with Gasteiger partial charge in [0.25, 0.3) is 0 Å². The molecule has 0 aliphatic carbocycles. The number of benzene rings is 2. The zero-order valence-corrected chi connectivity index (χ0v) is 16.7. The Morgan fingerprint density at radius 2 is 1.83 bits per heavy atom. The van der Waals surface area contributed by atoms with Gasteiger partial charge < -0.3 is 19.9 Å². The molecule has 0 amide bonds. The topological polar surface area (TPSA) is 93.6 Å². The van der Waals surface area contributed by atoms with Crippen LogP contribution in [0.15, 0.2) is 48.5 Å². The highest BCUT2D eigenvalue weighted by atomic mass is 35.5. The first-order valence-corrected chi connectivity index (χ1v) is 9.21. The first kappa shape index (κ1) is 20.4. The van der Waals surface area contributed by atoms with Crippen LogP contribution in [0.1, 0.15) is 15.9 Å². The summed E-state index contributed by atoms with van der Waals surface area (Å²) < 4.78 is 10.4. The van der Waals surface area contributed by atoms with Crippen molar-refractivity contribution in [3.8, 4) is 23.0 Å². The van der Waals surface area contributed by atoms with Crippen molar-refractivity contribution in [1.82, 2.24) is 9.97 Å². The maximum absolute atomic E-state index is 11.3. The summed E-state index contributed by atoms with van der Waals surface area (Å²) in [4.78, 5) is 20.0. The fourth-order valence-corrected chi connectivity index (χ4v) is 2.93. The van der Waals surface area contributed by atoms with Crippen LogP contribution in [-0.4, -0.2) is 41.8 Å². The van der Waals surface area contributed by atoms with E-state index in [1.54, 1.807) is 19.2 Å². The van der Waals surface area contributed by atoms with Crippen LogP contribution in [0.2, 0.25) is 5.02 Å². The molecule has 0 unspecified atom stereocenters. The molecule has 0 fully saturated rings. The molecule has 2 aromatic carbocycles. The molecule has 7 nitrogen and oxygen atoms in total. The van der Waals surface area contributed by atoms with Crippen LogP contribution in [0.4, 0.5) is 5.82 Å². The van der Waals surface area contributed by atoms with E-state index in [0.717, 1.165) is 17.7 Å². The summed E-state index contributed by atoms with van der Waals surface area (Å²) in [5.74, 6) is 0.290. The second kappa shape index (κ2) is 9.25. The Kier molecular flexibility index (Phi) is 6.51. The van der Waals surface area contributed by atoms with Crippen molar-refractivity contribution in [1.29, 1.82) is 0 Å². The lowest BCUT2D eigenvalue weighted by Crippen LogP contribution is -2.08. The van der Waals surface area contributed by atoms with Gasteiger partial charge in [-0.25, -0.2) is 4.79 Å². The number of carboxylic acids is 1. The fraction of sp³-hybridized carbons (Fsp3) is 0.190. The van der Waals surface area contributed by atoms with Gasteiger partial charge in [-0.3, -0.25) is 0 Å². The molecule has 8 heteroatoms. The van der Waals surface area contributed by atoms with Crippen LogP contribution in [0.5, 0.6) is 11.8 Å². The molecule has 0 radical (unpaired) electrons. The molecule has 0 spiro atoms. The second-order valence-electron chi connectivity index (χ2n) is 6.15. The summed E-state index contributed by atoms with van der Waals surface area (Å²) in [6.45, 7) is 0.646. The predicted octanol–water partition coefficient (Wildman–Crippen LogP) is 4.17. The first-order chi connectivity index (χ1) is 14.0. The van der Waals surface area contributed by atoms with Crippen LogP contribution in [0.25, 0.3) is 11.3 Å². The summed E-state index contributed by atoms with van der Waals surface area (Å²) in [6, 6.07) is 14.5. The standard InChI is InChI=1S/C21H20ClN3O4/c1-28-15-6-3-13(4-7-15)9-10-23-19-12-18(24-21(25-19)29-2)14-5-8-17(22)16(11-14)20(26)27/h3-8,11-12H,9-10H2,1-2H3,(H,26,27)(H,23,24,25). The van der Waals surface area contributed by atoms with Crippen molar-refractivity contribution in [2.75, 3.05) is 26.1 Å². The normalized spacial score (nSPS) is 10.4. The van der Waals surface area contributed by atoms with Crippen molar-refractivity contribution in [2.24, 2.45) is 0 Å². The van der Waals surface area contributed by atoms with E-state index in [2.05, 4.69) is 15.3 Å². The van der Waals surface area contributed by atoms with Gasteiger partial charge >= 0.3 is 12.0 Å². The lowest BCUT2D eigenvalue weighted by Gasteiger charge is -2.10. The SMILES string of the molecule is COc1ccc(CCNc2cc(-c3ccc(Cl)c(C(=O)O)c3)nc(OC)n2)cc1. The van der Waals surface area contributed by atoms with Crippen LogP contribution < -0.4 is 14.8 Å². The monoisotopic (exact) mass is 413 g/mol. The maximum Gasteiger partial charge on any atom is 0.337 e. The van der Waals surface area contributed by atoms with Crippen molar-refractivity contribution in [3.63, 3.8) is 0 Å². The number of halogens is 1. The molecule has 3 rings (SSSR count). The van der Waals surface area contributed by atoms with E-state index in [0.29, 0.717) is 23.6 Å². The number of carboxylic acid groups (broad SMARTS) is 1. The summed E-state index contributed by atoms with van der Waals surface area (Å²) in [5, 5.41) is 12.7. The Morgan fingerprint density at radius 3 is 2.48 bits per heavy atom. The Bertz CT molecular complexity index is 1010. The number of ether oxygens (including phenoxy) is 2. The number of methoxy groups -OCH3 is 2. The molecule has 150 valence electrons. The van der Waals surface area contributed by atoms with E-state index in [1.807, 2.05) is 24.3 Å². The molecule has 0 saturated carbocycles. The van der Waals surface area contributed by atoms with Crippen molar-refractivity contribution in [2.45, 2.75) is 6.42 Å². The zero-order valence-electron chi connectivity index (χ0n) is 16.0. The largest absolute Gasteiger partial charge is 0.497 e. The summed E-state index contributed by atoms with van der Waals surface area (Å²) in [5.41, 5.74) is 2.30. The van der Waals surface area contributed by atoms with E-state index in [1.165, 1.54) is 19.2 Å². The van der Waals surface area contributed by atoms with Gasteiger partial charge in [-0.15, -0.1) is 0 Å². The highest BCUT2D eigenvalue weighted by Gasteiger charge is 2.13. The van der Waals surface area contributed by atoms with Gasteiger partial charge in [0.15, 0.2) is 0 Å². The molecule has 0 atom stereocenters. The number of hydrogen-bond donors (Lipinski definition) is 2. The number of aromatic nitrogens is 2. The molecule has 0 aliphatic heterocycles. The third-order valence-corrected chi connectivity index (χ3v) is 4.59. The van der Waals surface area contributed by atoms with Gasteiger partial charge in [-0.05, 0) is 36.2 Å².